The largest absolute Gasteiger partial charge is 0.381 e. The van der Waals surface area contributed by atoms with E-state index in [4.69, 9.17) is 4.74 Å². The smallest absolute Gasteiger partial charge is 0.0632 e. The molecule has 0 spiro atoms. The van der Waals surface area contributed by atoms with Crippen LogP contribution in [0, 0.1) is 0 Å². The van der Waals surface area contributed by atoms with Crippen molar-refractivity contribution in [3.63, 3.8) is 0 Å². The van der Waals surface area contributed by atoms with Crippen LogP contribution < -0.4 is 0 Å². The van der Waals surface area contributed by atoms with Crippen molar-refractivity contribution in [1.29, 1.82) is 0 Å². The van der Waals surface area contributed by atoms with E-state index in [1.165, 1.54) is 0 Å². The molecule has 0 rings (SSSR count). The standard InChI is InChI=1S/C4H9IO/c1-4(3-5)6-2/h4H,3H2,1-2H3/t4-/m1/s1. The van der Waals surface area contributed by atoms with Gasteiger partial charge in [0, 0.05) is 11.5 Å². The first-order valence-electron chi connectivity index (χ1n) is 1.90. The second kappa shape index (κ2) is 3.87. The van der Waals surface area contributed by atoms with Gasteiger partial charge in [-0.15, -0.1) is 0 Å². The fourth-order valence-electron chi connectivity index (χ4n) is 0.0630. The van der Waals surface area contributed by atoms with Crippen LogP contribution in [0.4, 0.5) is 0 Å². The molecule has 0 bridgehead atoms. The highest BCUT2D eigenvalue weighted by molar-refractivity contribution is 14.1. The molecule has 0 aliphatic carbocycles. The molecule has 0 fully saturated rings. The lowest BCUT2D eigenvalue weighted by Gasteiger charge is -2.00. The maximum atomic E-state index is 4.89. The van der Waals surface area contributed by atoms with Crippen LogP contribution in [0.15, 0.2) is 0 Å². The average Bonchev–Trinajstić information content (AvgIpc) is 1.65. The number of hydrogen-bond donors (Lipinski definition) is 0. The van der Waals surface area contributed by atoms with Crippen LogP contribution in [0.25, 0.3) is 0 Å². The van der Waals surface area contributed by atoms with Crippen LogP contribution in [-0.4, -0.2) is 17.6 Å². The van der Waals surface area contributed by atoms with Crippen LogP contribution in [0.3, 0.4) is 0 Å². The van der Waals surface area contributed by atoms with Crippen molar-refractivity contribution in [1.82, 2.24) is 0 Å². The van der Waals surface area contributed by atoms with Crippen molar-refractivity contribution in [2.75, 3.05) is 11.5 Å². The Balaban J connectivity index is 2.75. The van der Waals surface area contributed by atoms with Gasteiger partial charge in [-0.25, -0.2) is 0 Å². The molecular weight excluding hydrogens is 191 g/mol. The number of ether oxygens (including phenoxy) is 1. The van der Waals surface area contributed by atoms with Crippen LogP contribution >= 0.6 is 22.6 Å². The summed E-state index contributed by atoms with van der Waals surface area (Å²) in [5, 5.41) is 0. The van der Waals surface area contributed by atoms with Gasteiger partial charge in [0.1, 0.15) is 0 Å². The fraction of sp³-hybridized carbons (Fsp3) is 1.00. The zero-order valence-electron chi connectivity index (χ0n) is 4.07. The Kier molecular flexibility index (Phi) is 4.31. The van der Waals surface area contributed by atoms with Crippen molar-refractivity contribution in [2.24, 2.45) is 0 Å². The number of methoxy groups -OCH3 is 1. The van der Waals surface area contributed by atoms with E-state index in [0.29, 0.717) is 6.10 Å². The number of halogens is 1. The molecule has 0 aliphatic heterocycles. The van der Waals surface area contributed by atoms with Gasteiger partial charge in [0.2, 0.25) is 0 Å². The first-order chi connectivity index (χ1) is 2.81. The van der Waals surface area contributed by atoms with Crippen LogP contribution in [-0.2, 0) is 4.74 Å². The van der Waals surface area contributed by atoms with Crippen molar-refractivity contribution in [3.05, 3.63) is 0 Å². The van der Waals surface area contributed by atoms with Gasteiger partial charge in [-0.3, -0.25) is 0 Å². The predicted molar refractivity (Wildman–Crippen MR) is 35.4 cm³/mol. The first kappa shape index (κ1) is 6.69. The number of hydrogen-bond acceptors (Lipinski definition) is 1. The molecule has 0 unspecified atom stereocenters. The summed E-state index contributed by atoms with van der Waals surface area (Å²) in [5.41, 5.74) is 0. The molecule has 0 saturated carbocycles. The number of alkyl halides is 1. The molecule has 2 heteroatoms. The van der Waals surface area contributed by atoms with E-state index in [1.807, 2.05) is 6.92 Å². The van der Waals surface area contributed by atoms with Crippen LogP contribution in [0.5, 0.6) is 0 Å². The lowest BCUT2D eigenvalue weighted by atomic mass is 10.5. The summed E-state index contributed by atoms with van der Waals surface area (Å²) in [4.78, 5) is 0. The summed E-state index contributed by atoms with van der Waals surface area (Å²) in [7, 11) is 1.73. The maximum absolute atomic E-state index is 4.89. The number of rotatable bonds is 2. The minimum absolute atomic E-state index is 0.422. The summed E-state index contributed by atoms with van der Waals surface area (Å²) in [6.45, 7) is 2.05. The minimum atomic E-state index is 0.422. The topological polar surface area (TPSA) is 9.23 Å². The molecule has 0 amide bonds. The van der Waals surface area contributed by atoms with Gasteiger partial charge in [-0.1, -0.05) is 22.6 Å². The van der Waals surface area contributed by atoms with E-state index < -0.39 is 0 Å². The van der Waals surface area contributed by atoms with Crippen molar-refractivity contribution in [2.45, 2.75) is 13.0 Å². The lowest BCUT2D eigenvalue weighted by Crippen LogP contribution is -2.04. The van der Waals surface area contributed by atoms with Gasteiger partial charge in [0.05, 0.1) is 6.10 Å². The molecule has 0 aromatic carbocycles. The average molecular weight is 200 g/mol. The van der Waals surface area contributed by atoms with Crippen molar-refractivity contribution >= 4 is 22.6 Å². The predicted octanol–water partition coefficient (Wildman–Crippen LogP) is 1.46. The molecular formula is C4H9IO. The molecule has 0 aromatic rings. The van der Waals surface area contributed by atoms with Gasteiger partial charge in [-0.05, 0) is 6.92 Å². The molecule has 0 aromatic heterocycles. The van der Waals surface area contributed by atoms with E-state index in [1.54, 1.807) is 7.11 Å². The van der Waals surface area contributed by atoms with Crippen molar-refractivity contribution in [3.8, 4) is 0 Å². The maximum Gasteiger partial charge on any atom is 0.0632 e. The molecule has 0 aliphatic rings. The van der Waals surface area contributed by atoms with Crippen molar-refractivity contribution < 1.29 is 4.74 Å². The van der Waals surface area contributed by atoms with E-state index in [9.17, 15) is 0 Å². The first-order valence-corrected chi connectivity index (χ1v) is 3.42. The van der Waals surface area contributed by atoms with E-state index in [0.717, 1.165) is 4.43 Å². The zero-order valence-corrected chi connectivity index (χ0v) is 6.23. The highest BCUT2D eigenvalue weighted by Crippen LogP contribution is 1.91. The summed E-state index contributed by atoms with van der Waals surface area (Å²) in [5.74, 6) is 0. The SMILES string of the molecule is CO[C@H](C)CI. The molecule has 0 radical (unpaired) electrons. The molecule has 38 valence electrons. The van der Waals surface area contributed by atoms with Gasteiger partial charge in [0.25, 0.3) is 0 Å². The third-order valence-electron chi connectivity index (χ3n) is 0.620. The van der Waals surface area contributed by atoms with Gasteiger partial charge >= 0.3 is 0 Å². The molecule has 0 heterocycles. The highest BCUT2D eigenvalue weighted by atomic mass is 127. The van der Waals surface area contributed by atoms with Gasteiger partial charge < -0.3 is 4.74 Å². The highest BCUT2D eigenvalue weighted by Gasteiger charge is 1.89. The lowest BCUT2D eigenvalue weighted by molar-refractivity contribution is 0.140. The monoisotopic (exact) mass is 200 g/mol. The Morgan fingerprint density at radius 1 is 1.83 bits per heavy atom. The Hall–Kier alpha value is 0.690. The van der Waals surface area contributed by atoms with Crippen LogP contribution in [0.2, 0.25) is 0 Å². The Labute approximate surface area is 52.2 Å². The van der Waals surface area contributed by atoms with Crippen LogP contribution in [0.1, 0.15) is 6.92 Å². The Bertz CT molecular complexity index is 26.7. The summed E-state index contributed by atoms with van der Waals surface area (Å²) >= 11 is 2.29. The summed E-state index contributed by atoms with van der Waals surface area (Å²) < 4.78 is 5.97. The molecule has 6 heavy (non-hydrogen) atoms. The Morgan fingerprint density at radius 3 is 2.33 bits per heavy atom. The minimum Gasteiger partial charge on any atom is -0.381 e. The Morgan fingerprint density at radius 2 is 2.33 bits per heavy atom. The molecule has 0 N–H and O–H groups in total. The van der Waals surface area contributed by atoms with Gasteiger partial charge in [0.15, 0.2) is 0 Å². The fourth-order valence-corrected chi connectivity index (χ4v) is 0.423. The van der Waals surface area contributed by atoms with E-state index >= 15 is 0 Å². The summed E-state index contributed by atoms with van der Waals surface area (Å²) in [6, 6.07) is 0. The molecule has 0 saturated heterocycles. The molecule has 1 atom stereocenters. The zero-order chi connectivity index (χ0) is 4.99. The third-order valence-corrected chi connectivity index (χ3v) is 1.86. The normalized spacial score (nSPS) is 14.5. The second-order valence-corrected chi connectivity index (χ2v) is 2.08. The quantitative estimate of drug-likeness (QED) is 0.484. The van der Waals surface area contributed by atoms with Gasteiger partial charge in [-0.2, -0.15) is 0 Å². The third kappa shape index (κ3) is 2.90. The van der Waals surface area contributed by atoms with E-state index in [2.05, 4.69) is 22.6 Å². The molecule has 1 nitrogen and oxygen atoms in total. The second-order valence-electron chi connectivity index (χ2n) is 1.20. The van der Waals surface area contributed by atoms with E-state index in [-0.39, 0.29) is 0 Å². The summed E-state index contributed by atoms with van der Waals surface area (Å²) in [6.07, 6.45) is 0.422.